The van der Waals surface area contributed by atoms with Crippen LogP contribution in [0.25, 0.3) is 0 Å². The van der Waals surface area contributed by atoms with E-state index in [1.807, 2.05) is 37.3 Å². The Morgan fingerprint density at radius 1 is 1.10 bits per heavy atom. The molecule has 0 aliphatic heterocycles. The molecule has 0 unspecified atom stereocenters. The molecule has 1 atom stereocenters. The molecule has 0 radical (unpaired) electrons. The minimum absolute atomic E-state index is 0.0299. The number of ether oxygens (including phenoxy) is 1. The van der Waals surface area contributed by atoms with Crippen molar-refractivity contribution < 1.29 is 18.7 Å². The van der Waals surface area contributed by atoms with Gasteiger partial charge < -0.3 is 15.0 Å². The SMILES string of the molecule is CC[C@@H](C(=O)NC1CCCC1)N(CCc1ccccc1)C(=O)COc1ccccc1F. The number of rotatable bonds is 10. The maximum absolute atomic E-state index is 13.9. The number of hydrogen-bond acceptors (Lipinski definition) is 3. The molecule has 2 amide bonds. The van der Waals surface area contributed by atoms with E-state index >= 15 is 0 Å². The number of para-hydroxylation sites is 1. The van der Waals surface area contributed by atoms with Gasteiger partial charge in [-0.15, -0.1) is 0 Å². The van der Waals surface area contributed by atoms with Gasteiger partial charge in [0.05, 0.1) is 0 Å². The number of nitrogens with zero attached hydrogens (tertiary/aromatic N) is 1. The molecule has 0 saturated heterocycles. The first kappa shape index (κ1) is 22.8. The predicted octanol–water partition coefficient (Wildman–Crippen LogP) is 4.11. The molecule has 0 spiro atoms. The molecule has 166 valence electrons. The van der Waals surface area contributed by atoms with Crippen LogP contribution in [0, 0.1) is 5.82 Å². The highest BCUT2D eigenvalue weighted by Crippen LogP contribution is 2.19. The fourth-order valence-corrected chi connectivity index (χ4v) is 4.05. The van der Waals surface area contributed by atoms with Gasteiger partial charge in [0.15, 0.2) is 18.2 Å². The third-order valence-electron chi connectivity index (χ3n) is 5.76. The van der Waals surface area contributed by atoms with Crippen LogP contribution in [0.2, 0.25) is 0 Å². The van der Waals surface area contributed by atoms with E-state index in [1.54, 1.807) is 17.0 Å². The van der Waals surface area contributed by atoms with E-state index in [9.17, 15) is 14.0 Å². The van der Waals surface area contributed by atoms with Crippen LogP contribution in [0.4, 0.5) is 4.39 Å². The topological polar surface area (TPSA) is 58.6 Å². The molecule has 31 heavy (non-hydrogen) atoms. The molecule has 5 nitrogen and oxygen atoms in total. The van der Waals surface area contributed by atoms with Crippen molar-refractivity contribution in [3.05, 3.63) is 66.0 Å². The van der Waals surface area contributed by atoms with Gasteiger partial charge in [0.2, 0.25) is 5.91 Å². The molecular formula is C25H31FN2O3. The summed E-state index contributed by atoms with van der Waals surface area (Å²) < 4.78 is 19.3. The van der Waals surface area contributed by atoms with E-state index < -0.39 is 11.9 Å². The zero-order valence-corrected chi connectivity index (χ0v) is 18.1. The van der Waals surface area contributed by atoms with Crippen molar-refractivity contribution in [1.29, 1.82) is 0 Å². The first-order valence-corrected chi connectivity index (χ1v) is 11.1. The summed E-state index contributed by atoms with van der Waals surface area (Å²) in [5, 5.41) is 3.11. The first-order chi connectivity index (χ1) is 15.1. The second-order valence-corrected chi connectivity index (χ2v) is 7.96. The molecule has 0 bridgehead atoms. The largest absolute Gasteiger partial charge is 0.481 e. The van der Waals surface area contributed by atoms with Crippen molar-refractivity contribution in [3.63, 3.8) is 0 Å². The molecule has 3 rings (SSSR count). The van der Waals surface area contributed by atoms with Crippen LogP contribution in [0.1, 0.15) is 44.6 Å². The van der Waals surface area contributed by atoms with Crippen LogP contribution in [0.5, 0.6) is 5.75 Å². The van der Waals surface area contributed by atoms with E-state index in [4.69, 9.17) is 4.74 Å². The number of amides is 2. The maximum atomic E-state index is 13.9. The Labute approximate surface area is 183 Å². The Bertz CT molecular complexity index is 853. The standard InChI is InChI=1S/C25H31FN2O3/c1-2-22(25(30)27-20-12-6-7-13-20)28(17-16-19-10-4-3-5-11-19)24(29)18-31-23-15-9-8-14-21(23)26/h3-5,8-11,14-15,20,22H,2,6-7,12-13,16-18H2,1H3,(H,27,30)/t22-/m0/s1. The van der Waals surface area contributed by atoms with E-state index in [0.717, 1.165) is 31.2 Å². The first-order valence-electron chi connectivity index (χ1n) is 11.1. The van der Waals surface area contributed by atoms with Gasteiger partial charge in [-0.2, -0.15) is 0 Å². The molecule has 1 saturated carbocycles. The fraction of sp³-hybridized carbons (Fsp3) is 0.440. The van der Waals surface area contributed by atoms with Crippen LogP contribution < -0.4 is 10.1 Å². The average Bonchev–Trinajstić information content (AvgIpc) is 3.29. The van der Waals surface area contributed by atoms with Crippen LogP contribution in [0.3, 0.4) is 0 Å². The monoisotopic (exact) mass is 426 g/mol. The number of carbonyl (C=O) groups is 2. The second kappa shape index (κ2) is 11.5. The molecule has 0 heterocycles. The molecular weight excluding hydrogens is 395 g/mol. The third-order valence-corrected chi connectivity index (χ3v) is 5.76. The Kier molecular flexibility index (Phi) is 8.44. The van der Waals surface area contributed by atoms with E-state index in [-0.39, 0.29) is 30.2 Å². The van der Waals surface area contributed by atoms with E-state index in [0.29, 0.717) is 19.4 Å². The zero-order chi connectivity index (χ0) is 22.1. The van der Waals surface area contributed by atoms with Gasteiger partial charge in [-0.25, -0.2) is 4.39 Å². The summed E-state index contributed by atoms with van der Waals surface area (Å²) in [5.41, 5.74) is 1.08. The highest BCUT2D eigenvalue weighted by atomic mass is 19.1. The smallest absolute Gasteiger partial charge is 0.261 e. The zero-order valence-electron chi connectivity index (χ0n) is 18.1. The van der Waals surface area contributed by atoms with Gasteiger partial charge in [0, 0.05) is 12.6 Å². The lowest BCUT2D eigenvalue weighted by Gasteiger charge is -2.31. The van der Waals surface area contributed by atoms with Gasteiger partial charge in [-0.1, -0.05) is 62.2 Å². The number of carbonyl (C=O) groups excluding carboxylic acids is 2. The van der Waals surface area contributed by atoms with Crippen molar-refractivity contribution >= 4 is 11.8 Å². The Hall–Kier alpha value is -2.89. The molecule has 1 aliphatic rings. The number of benzene rings is 2. The van der Waals surface area contributed by atoms with Gasteiger partial charge >= 0.3 is 0 Å². The van der Waals surface area contributed by atoms with Crippen LogP contribution in [-0.2, 0) is 16.0 Å². The summed E-state index contributed by atoms with van der Waals surface area (Å²) in [5.74, 6) is -0.936. The lowest BCUT2D eigenvalue weighted by atomic mass is 10.1. The summed E-state index contributed by atoms with van der Waals surface area (Å²) in [7, 11) is 0. The van der Waals surface area contributed by atoms with Gasteiger partial charge in [-0.05, 0) is 43.4 Å². The van der Waals surface area contributed by atoms with Crippen LogP contribution in [-0.4, -0.2) is 41.9 Å². The summed E-state index contributed by atoms with van der Waals surface area (Å²) >= 11 is 0. The summed E-state index contributed by atoms with van der Waals surface area (Å²) in [6.45, 7) is 1.97. The summed E-state index contributed by atoms with van der Waals surface area (Å²) in [6.07, 6.45) is 5.33. The van der Waals surface area contributed by atoms with Crippen LogP contribution in [0.15, 0.2) is 54.6 Å². The summed E-state index contributed by atoms with van der Waals surface area (Å²) in [4.78, 5) is 27.7. The number of halogens is 1. The van der Waals surface area contributed by atoms with Crippen molar-refractivity contribution in [2.45, 2.75) is 57.5 Å². The van der Waals surface area contributed by atoms with Crippen molar-refractivity contribution in [1.82, 2.24) is 10.2 Å². The molecule has 2 aromatic rings. The minimum Gasteiger partial charge on any atom is -0.481 e. The Morgan fingerprint density at radius 3 is 2.45 bits per heavy atom. The maximum Gasteiger partial charge on any atom is 0.261 e. The highest BCUT2D eigenvalue weighted by Gasteiger charge is 2.30. The Morgan fingerprint density at radius 2 is 1.77 bits per heavy atom. The highest BCUT2D eigenvalue weighted by molar-refractivity contribution is 5.88. The number of hydrogen-bond donors (Lipinski definition) is 1. The van der Waals surface area contributed by atoms with E-state index in [2.05, 4.69) is 5.32 Å². The van der Waals surface area contributed by atoms with Crippen molar-refractivity contribution in [2.75, 3.05) is 13.2 Å². The lowest BCUT2D eigenvalue weighted by molar-refractivity contribution is -0.142. The molecule has 1 N–H and O–H groups in total. The summed E-state index contributed by atoms with van der Waals surface area (Å²) in [6, 6.07) is 15.4. The minimum atomic E-state index is -0.582. The van der Waals surface area contributed by atoms with Gasteiger partial charge in [0.25, 0.3) is 5.91 Å². The Balaban J connectivity index is 1.70. The van der Waals surface area contributed by atoms with Crippen molar-refractivity contribution in [2.24, 2.45) is 0 Å². The molecule has 1 aliphatic carbocycles. The number of nitrogens with one attached hydrogen (secondary N) is 1. The molecule has 1 fully saturated rings. The fourth-order valence-electron chi connectivity index (χ4n) is 4.05. The van der Waals surface area contributed by atoms with Gasteiger partial charge in [-0.3, -0.25) is 9.59 Å². The van der Waals surface area contributed by atoms with Gasteiger partial charge in [0.1, 0.15) is 6.04 Å². The molecule has 6 heteroatoms. The second-order valence-electron chi connectivity index (χ2n) is 7.96. The third kappa shape index (κ3) is 6.54. The lowest BCUT2D eigenvalue weighted by Crippen LogP contribution is -2.53. The molecule has 2 aromatic carbocycles. The van der Waals surface area contributed by atoms with E-state index in [1.165, 1.54) is 12.1 Å². The quantitative estimate of drug-likeness (QED) is 0.622. The average molecular weight is 427 g/mol. The van der Waals surface area contributed by atoms with Crippen molar-refractivity contribution in [3.8, 4) is 5.75 Å². The predicted molar refractivity (Wildman–Crippen MR) is 118 cm³/mol. The normalized spacial score (nSPS) is 14.8. The van der Waals surface area contributed by atoms with Crippen LogP contribution >= 0.6 is 0 Å². The molecule has 0 aromatic heterocycles.